The molecule has 0 aromatic heterocycles. The van der Waals surface area contributed by atoms with E-state index in [2.05, 4.69) is 15.9 Å². The largest absolute Gasteiger partial charge is 0.487 e. The zero-order chi connectivity index (χ0) is 18.1. The molecule has 0 bridgehead atoms. The van der Waals surface area contributed by atoms with Crippen LogP contribution >= 0.6 is 15.9 Å². The highest BCUT2D eigenvalue weighted by molar-refractivity contribution is 9.10. The molecule has 24 heavy (non-hydrogen) atoms. The molecule has 132 valence electrons. The smallest absolute Gasteiger partial charge is 0.410 e. The number of halogens is 1. The number of hydrogen-bond acceptors (Lipinski definition) is 6. The maximum Gasteiger partial charge on any atom is 0.410 e. The highest BCUT2D eigenvalue weighted by Gasteiger charge is 2.31. The summed E-state index contributed by atoms with van der Waals surface area (Å²) in [6, 6.07) is 2.73. The van der Waals surface area contributed by atoms with Crippen molar-refractivity contribution in [3.05, 3.63) is 26.7 Å². The van der Waals surface area contributed by atoms with Crippen LogP contribution < -0.4 is 10.5 Å². The second-order valence-electron chi connectivity index (χ2n) is 6.55. The summed E-state index contributed by atoms with van der Waals surface area (Å²) in [5.74, 6) is 0.411. The first kappa shape index (κ1) is 18.3. The van der Waals surface area contributed by atoms with Crippen LogP contribution in [-0.2, 0) is 4.74 Å². The monoisotopic (exact) mass is 401 g/mol. The van der Waals surface area contributed by atoms with E-state index in [1.807, 2.05) is 20.8 Å². The molecule has 8 nitrogen and oxygen atoms in total. The second kappa shape index (κ2) is 6.84. The summed E-state index contributed by atoms with van der Waals surface area (Å²) in [4.78, 5) is 23.9. The lowest BCUT2D eigenvalue weighted by molar-refractivity contribution is -0.384. The summed E-state index contributed by atoms with van der Waals surface area (Å²) in [6.45, 7) is 6.35. The van der Waals surface area contributed by atoms with Crippen LogP contribution in [0.25, 0.3) is 0 Å². The van der Waals surface area contributed by atoms with Crippen molar-refractivity contribution in [1.29, 1.82) is 0 Å². The summed E-state index contributed by atoms with van der Waals surface area (Å²) in [6.07, 6.45) is 0.0355. The first-order valence-corrected chi connectivity index (χ1v) is 8.24. The normalized spacial score (nSPS) is 17.7. The van der Waals surface area contributed by atoms with Crippen molar-refractivity contribution in [2.75, 3.05) is 18.8 Å². The molecule has 1 aromatic rings. The number of hydrogen-bond donors (Lipinski definition) is 1. The number of rotatable bonds is 3. The molecule has 1 unspecified atom stereocenters. The summed E-state index contributed by atoms with van der Waals surface area (Å²) in [5, 5.41) is 10.9. The second-order valence-corrected chi connectivity index (χ2v) is 7.41. The Bertz CT molecular complexity index is 659. The minimum atomic E-state index is -0.552. The quantitative estimate of drug-likeness (QED) is 0.472. The van der Waals surface area contributed by atoms with Crippen molar-refractivity contribution in [3.63, 3.8) is 0 Å². The van der Waals surface area contributed by atoms with E-state index in [0.29, 0.717) is 29.7 Å². The van der Waals surface area contributed by atoms with Crippen LogP contribution in [0, 0.1) is 10.1 Å². The number of nitrogens with two attached hydrogens (primary N) is 1. The van der Waals surface area contributed by atoms with E-state index in [1.165, 1.54) is 12.1 Å². The van der Waals surface area contributed by atoms with Crippen LogP contribution in [0.1, 0.15) is 27.2 Å². The average molecular weight is 402 g/mol. The number of amides is 1. The molecule has 2 N–H and O–H groups in total. The molecule has 1 heterocycles. The lowest BCUT2D eigenvalue weighted by Crippen LogP contribution is -2.36. The summed E-state index contributed by atoms with van der Waals surface area (Å²) in [5.41, 5.74) is 4.98. The van der Waals surface area contributed by atoms with Crippen LogP contribution in [0.5, 0.6) is 5.75 Å². The number of benzene rings is 1. The number of nitro groups is 1. The van der Waals surface area contributed by atoms with Crippen molar-refractivity contribution in [2.45, 2.75) is 38.9 Å². The number of likely N-dealkylation sites (tertiary alicyclic amines) is 1. The van der Waals surface area contributed by atoms with Crippen molar-refractivity contribution in [1.82, 2.24) is 4.90 Å². The van der Waals surface area contributed by atoms with Gasteiger partial charge in [-0.05, 0) is 36.7 Å². The number of carbonyl (C=O) groups is 1. The molecule has 1 fully saturated rings. The Morgan fingerprint density at radius 2 is 2.12 bits per heavy atom. The lowest BCUT2D eigenvalue weighted by atomic mass is 10.2. The van der Waals surface area contributed by atoms with Crippen LogP contribution in [0.15, 0.2) is 16.6 Å². The van der Waals surface area contributed by atoms with Gasteiger partial charge in [-0.2, -0.15) is 0 Å². The van der Waals surface area contributed by atoms with Crippen LogP contribution in [0.4, 0.5) is 16.2 Å². The number of carbonyl (C=O) groups excluding carboxylic acids is 1. The number of ether oxygens (including phenoxy) is 2. The predicted molar refractivity (Wildman–Crippen MR) is 92.0 cm³/mol. The first-order chi connectivity index (χ1) is 11.1. The van der Waals surface area contributed by atoms with Gasteiger partial charge in [-0.25, -0.2) is 4.79 Å². The van der Waals surface area contributed by atoms with Gasteiger partial charge in [0.15, 0.2) is 0 Å². The molecule has 0 aliphatic carbocycles. The van der Waals surface area contributed by atoms with E-state index in [1.54, 1.807) is 4.90 Å². The highest BCUT2D eigenvalue weighted by atomic mass is 79.9. The molecule has 1 aliphatic heterocycles. The molecule has 0 saturated carbocycles. The summed E-state index contributed by atoms with van der Waals surface area (Å²) in [7, 11) is 0. The molecular formula is C15H20BrN3O5. The molecule has 1 saturated heterocycles. The van der Waals surface area contributed by atoms with Crippen molar-refractivity contribution >= 4 is 33.4 Å². The van der Waals surface area contributed by atoms with E-state index >= 15 is 0 Å². The van der Waals surface area contributed by atoms with Gasteiger partial charge in [0.1, 0.15) is 23.1 Å². The maximum atomic E-state index is 12.0. The number of anilines is 1. The van der Waals surface area contributed by atoms with Gasteiger partial charge in [-0.3, -0.25) is 10.1 Å². The average Bonchev–Trinajstić information content (AvgIpc) is 2.89. The third-order valence-corrected chi connectivity index (χ3v) is 3.99. The molecule has 1 aliphatic rings. The van der Waals surface area contributed by atoms with E-state index in [-0.39, 0.29) is 23.6 Å². The summed E-state index contributed by atoms with van der Waals surface area (Å²) < 4.78 is 11.6. The number of nitrogens with zero attached hydrogens (tertiary/aromatic N) is 2. The van der Waals surface area contributed by atoms with Gasteiger partial charge in [-0.1, -0.05) is 0 Å². The van der Waals surface area contributed by atoms with E-state index in [0.717, 1.165) is 0 Å². The topological polar surface area (TPSA) is 108 Å². The molecular weight excluding hydrogens is 382 g/mol. The van der Waals surface area contributed by atoms with E-state index in [4.69, 9.17) is 15.2 Å². The molecule has 1 atom stereocenters. The molecule has 1 aromatic carbocycles. The number of nitrogen functional groups attached to an aromatic ring is 1. The van der Waals surface area contributed by atoms with Crippen molar-refractivity contribution in [3.8, 4) is 5.75 Å². The standard InChI is InChI=1S/C15H20BrN3O5/c1-15(2,3)24-14(20)18-5-4-9(8-18)23-13-7-11(17)12(19(21)22)6-10(13)16/h6-7,9H,4-5,8,17H2,1-3H3. The molecule has 0 spiro atoms. The molecule has 0 radical (unpaired) electrons. The van der Waals surface area contributed by atoms with E-state index in [9.17, 15) is 14.9 Å². The Morgan fingerprint density at radius 3 is 2.71 bits per heavy atom. The van der Waals surface area contributed by atoms with Gasteiger partial charge in [0.05, 0.1) is 15.9 Å². The Labute approximate surface area is 148 Å². The van der Waals surface area contributed by atoms with Gasteiger partial charge < -0.3 is 20.1 Å². The zero-order valence-corrected chi connectivity index (χ0v) is 15.3. The fourth-order valence-electron chi connectivity index (χ4n) is 2.30. The lowest BCUT2D eigenvalue weighted by Gasteiger charge is -2.24. The predicted octanol–water partition coefficient (Wildman–Crippen LogP) is 3.33. The van der Waals surface area contributed by atoms with Gasteiger partial charge in [0.25, 0.3) is 5.69 Å². The fraction of sp³-hybridized carbons (Fsp3) is 0.533. The minimum Gasteiger partial charge on any atom is -0.487 e. The Kier molecular flexibility index (Phi) is 5.22. The van der Waals surface area contributed by atoms with Gasteiger partial charge in [0, 0.05) is 25.1 Å². The van der Waals surface area contributed by atoms with Gasteiger partial charge >= 0.3 is 6.09 Å². The third kappa shape index (κ3) is 4.50. The zero-order valence-electron chi connectivity index (χ0n) is 13.7. The van der Waals surface area contributed by atoms with Crippen LogP contribution in [0.2, 0.25) is 0 Å². The van der Waals surface area contributed by atoms with Crippen LogP contribution in [-0.4, -0.2) is 40.7 Å². The third-order valence-electron chi connectivity index (χ3n) is 3.37. The fourth-order valence-corrected chi connectivity index (χ4v) is 2.73. The Hall–Kier alpha value is -2.03. The highest BCUT2D eigenvalue weighted by Crippen LogP contribution is 2.35. The Morgan fingerprint density at radius 1 is 1.46 bits per heavy atom. The summed E-state index contributed by atoms with van der Waals surface area (Å²) >= 11 is 3.25. The van der Waals surface area contributed by atoms with Gasteiger partial charge in [-0.15, -0.1) is 0 Å². The molecule has 2 rings (SSSR count). The van der Waals surface area contributed by atoms with Gasteiger partial charge in [0.2, 0.25) is 0 Å². The SMILES string of the molecule is CC(C)(C)OC(=O)N1CCC(Oc2cc(N)c([N+](=O)[O-])cc2Br)C1. The maximum absolute atomic E-state index is 12.0. The first-order valence-electron chi connectivity index (χ1n) is 7.45. The minimum absolute atomic E-state index is 0.0280. The van der Waals surface area contributed by atoms with Crippen molar-refractivity contribution < 1.29 is 19.2 Å². The Balaban J connectivity index is 2.02. The van der Waals surface area contributed by atoms with E-state index < -0.39 is 10.5 Å². The molecule has 9 heteroatoms. The number of nitro benzene ring substituents is 1. The van der Waals surface area contributed by atoms with Crippen molar-refractivity contribution in [2.24, 2.45) is 0 Å². The van der Waals surface area contributed by atoms with Crippen LogP contribution in [0.3, 0.4) is 0 Å². The molecule has 1 amide bonds.